The van der Waals surface area contributed by atoms with Crippen LogP contribution in [0.25, 0.3) is 16.6 Å². The molecule has 1 amide bonds. The Kier molecular flexibility index (Phi) is 4.42. The number of aryl methyl sites for hydroxylation is 1. The summed E-state index contributed by atoms with van der Waals surface area (Å²) in [5.74, 6) is -0.111. The van der Waals surface area contributed by atoms with Crippen molar-refractivity contribution in [2.45, 2.75) is 20.4 Å². The number of fused-ring (bicyclic) bond motifs is 1. The molecule has 0 aliphatic carbocycles. The van der Waals surface area contributed by atoms with Crippen LogP contribution < -0.4 is 5.32 Å². The van der Waals surface area contributed by atoms with Crippen molar-refractivity contribution in [3.05, 3.63) is 89.4 Å². The molecule has 0 radical (unpaired) electrons. The summed E-state index contributed by atoms with van der Waals surface area (Å²) in [6, 6.07) is 19.4. The molecule has 134 valence electrons. The van der Waals surface area contributed by atoms with E-state index < -0.39 is 0 Å². The Hall–Kier alpha value is -3.47. The standard InChI is InChI=1S/C22H20N4O/c1-15-20(16(2)26(25-15)17-8-4-3-5-9-17)14-24-22(27)19-12-13-23-21-11-7-6-10-18(19)21/h3-13H,14H2,1-2H3,(H,24,27). The van der Waals surface area contributed by atoms with E-state index in [0.29, 0.717) is 12.1 Å². The summed E-state index contributed by atoms with van der Waals surface area (Å²) in [7, 11) is 0. The Balaban J connectivity index is 1.59. The van der Waals surface area contributed by atoms with E-state index in [1.165, 1.54) is 0 Å². The first kappa shape index (κ1) is 17.0. The molecule has 0 fully saturated rings. The number of aromatic nitrogens is 3. The van der Waals surface area contributed by atoms with E-state index in [0.717, 1.165) is 33.5 Å². The molecule has 1 N–H and O–H groups in total. The summed E-state index contributed by atoms with van der Waals surface area (Å²) in [5, 5.41) is 8.52. The van der Waals surface area contributed by atoms with Gasteiger partial charge in [0.15, 0.2) is 0 Å². The average Bonchev–Trinajstić information content (AvgIpc) is 3.00. The molecule has 0 bridgehead atoms. The molecule has 0 spiro atoms. The fraction of sp³-hybridized carbons (Fsp3) is 0.136. The van der Waals surface area contributed by atoms with Crippen molar-refractivity contribution >= 4 is 16.8 Å². The number of para-hydroxylation sites is 2. The zero-order valence-electron chi connectivity index (χ0n) is 15.3. The van der Waals surface area contributed by atoms with Crippen LogP contribution >= 0.6 is 0 Å². The maximum absolute atomic E-state index is 12.8. The van der Waals surface area contributed by atoms with Crippen LogP contribution in [0.2, 0.25) is 0 Å². The van der Waals surface area contributed by atoms with Gasteiger partial charge < -0.3 is 5.32 Å². The minimum Gasteiger partial charge on any atom is -0.348 e. The predicted octanol–water partition coefficient (Wildman–Crippen LogP) is 3.97. The Bertz CT molecular complexity index is 1110. The highest BCUT2D eigenvalue weighted by Gasteiger charge is 2.15. The number of nitrogens with one attached hydrogen (secondary N) is 1. The van der Waals surface area contributed by atoms with Gasteiger partial charge in [0.2, 0.25) is 0 Å². The van der Waals surface area contributed by atoms with Crippen LogP contribution in [0.15, 0.2) is 66.9 Å². The van der Waals surface area contributed by atoms with Crippen molar-refractivity contribution in [3.63, 3.8) is 0 Å². The zero-order valence-corrected chi connectivity index (χ0v) is 15.3. The molecule has 0 saturated heterocycles. The number of nitrogens with zero attached hydrogens (tertiary/aromatic N) is 3. The SMILES string of the molecule is Cc1nn(-c2ccccc2)c(C)c1CNC(=O)c1ccnc2ccccc12. The molecule has 2 heterocycles. The first-order valence-corrected chi connectivity index (χ1v) is 8.87. The molecule has 4 aromatic rings. The fourth-order valence-electron chi connectivity index (χ4n) is 3.31. The minimum atomic E-state index is -0.111. The lowest BCUT2D eigenvalue weighted by Crippen LogP contribution is -2.23. The summed E-state index contributed by atoms with van der Waals surface area (Å²) in [4.78, 5) is 17.1. The molecule has 2 aromatic heterocycles. The topological polar surface area (TPSA) is 59.8 Å². The predicted molar refractivity (Wildman–Crippen MR) is 106 cm³/mol. The van der Waals surface area contributed by atoms with Crippen LogP contribution in [0.5, 0.6) is 0 Å². The Morgan fingerprint density at radius 1 is 1.00 bits per heavy atom. The number of rotatable bonds is 4. The third-order valence-electron chi connectivity index (χ3n) is 4.76. The average molecular weight is 356 g/mol. The quantitative estimate of drug-likeness (QED) is 0.602. The summed E-state index contributed by atoms with van der Waals surface area (Å²) in [6.45, 7) is 4.42. The van der Waals surface area contributed by atoms with E-state index in [-0.39, 0.29) is 5.91 Å². The van der Waals surface area contributed by atoms with E-state index in [2.05, 4.69) is 15.4 Å². The molecule has 0 saturated carbocycles. The van der Waals surface area contributed by atoms with Gasteiger partial charge in [-0.05, 0) is 38.1 Å². The van der Waals surface area contributed by atoms with Gasteiger partial charge in [0.05, 0.1) is 22.5 Å². The maximum atomic E-state index is 12.8. The van der Waals surface area contributed by atoms with Gasteiger partial charge in [-0.25, -0.2) is 4.68 Å². The van der Waals surface area contributed by atoms with E-state index in [1.54, 1.807) is 12.3 Å². The fourth-order valence-corrected chi connectivity index (χ4v) is 3.31. The first-order valence-electron chi connectivity index (χ1n) is 8.87. The second-order valence-electron chi connectivity index (χ2n) is 6.46. The number of hydrogen-bond donors (Lipinski definition) is 1. The first-order chi connectivity index (χ1) is 13.1. The number of hydrogen-bond acceptors (Lipinski definition) is 3. The van der Waals surface area contributed by atoms with Crippen molar-refractivity contribution in [1.29, 1.82) is 0 Å². The van der Waals surface area contributed by atoms with E-state index in [9.17, 15) is 4.79 Å². The lowest BCUT2D eigenvalue weighted by atomic mass is 10.1. The highest BCUT2D eigenvalue weighted by atomic mass is 16.1. The van der Waals surface area contributed by atoms with Crippen molar-refractivity contribution in [3.8, 4) is 5.69 Å². The molecule has 2 aromatic carbocycles. The largest absolute Gasteiger partial charge is 0.348 e. The van der Waals surface area contributed by atoms with Gasteiger partial charge in [-0.1, -0.05) is 36.4 Å². The monoisotopic (exact) mass is 356 g/mol. The van der Waals surface area contributed by atoms with Gasteiger partial charge in [-0.3, -0.25) is 9.78 Å². The number of pyridine rings is 1. The lowest BCUT2D eigenvalue weighted by Gasteiger charge is -2.09. The van der Waals surface area contributed by atoms with E-state index in [4.69, 9.17) is 0 Å². The van der Waals surface area contributed by atoms with Crippen LogP contribution in [-0.4, -0.2) is 20.7 Å². The highest BCUT2D eigenvalue weighted by Crippen LogP contribution is 2.19. The number of carbonyl (C=O) groups is 1. The van der Waals surface area contributed by atoms with Crippen LogP contribution in [0, 0.1) is 13.8 Å². The van der Waals surface area contributed by atoms with Crippen LogP contribution in [0.4, 0.5) is 0 Å². The van der Waals surface area contributed by atoms with Crippen LogP contribution in [-0.2, 0) is 6.54 Å². The number of amides is 1. The molecule has 5 heteroatoms. The van der Waals surface area contributed by atoms with Crippen molar-refractivity contribution in [2.24, 2.45) is 0 Å². The van der Waals surface area contributed by atoms with Gasteiger partial charge in [-0.2, -0.15) is 5.10 Å². The lowest BCUT2D eigenvalue weighted by molar-refractivity contribution is 0.0952. The minimum absolute atomic E-state index is 0.111. The number of benzene rings is 2. The van der Waals surface area contributed by atoms with Crippen LogP contribution in [0.1, 0.15) is 27.3 Å². The van der Waals surface area contributed by atoms with Gasteiger partial charge in [0.1, 0.15) is 0 Å². The van der Waals surface area contributed by atoms with Gasteiger partial charge >= 0.3 is 0 Å². The van der Waals surface area contributed by atoms with Gasteiger partial charge in [0.25, 0.3) is 5.91 Å². The second-order valence-corrected chi connectivity index (χ2v) is 6.46. The summed E-state index contributed by atoms with van der Waals surface area (Å²) in [6.07, 6.45) is 1.67. The van der Waals surface area contributed by atoms with Gasteiger partial charge in [-0.15, -0.1) is 0 Å². The summed E-state index contributed by atoms with van der Waals surface area (Å²) >= 11 is 0. The molecular formula is C22H20N4O. The number of carbonyl (C=O) groups excluding carboxylic acids is 1. The molecule has 27 heavy (non-hydrogen) atoms. The summed E-state index contributed by atoms with van der Waals surface area (Å²) < 4.78 is 1.92. The molecule has 0 unspecified atom stereocenters. The Labute approximate surface area is 157 Å². The highest BCUT2D eigenvalue weighted by molar-refractivity contribution is 6.05. The zero-order chi connectivity index (χ0) is 18.8. The van der Waals surface area contributed by atoms with Crippen LogP contribution in [0.3, 0.4) is 0 Å². The third-order valence-corrected chi connectivity index (χ3v) is 4.76. The Morgan fingerprint density at radius 3 is 2.56 bits per heavy atom. The molecule has 4 rings (SSSR count). The Morgan fingerprint density at radius 2 is 1.74 bits per heavy atom. The van der Waals surface area contributed by atoms with Gasteiger partial charge in [0, 0.05) is 29.4 Å². The van der Waals surface area contributed by atoms with Crippen molar-refractivity contribution < 1.29 is 4.79 Å². The second kappa shape index (κ2) is 7.03. The molecule has 0 atom stereocenters. The summed E-state index contributed by atoms with van der Waals surface area (Å²) in [5.41, 5.74) is 5.43. The molecule has 0 aliphatic rings. The van der Waals surface area contributed by atoms with E-state index in [1.807, 2.05) is 73.1 Å². The molecule has 5 nitrogen and oxygen atoms in total. The molecule has 0 aliphatic heterocycles. The van der Waals surface area contributed by atoms with E-state index >= 15 is 0 Å². The van der Waals surface area contributed by atoms with Crippen molar-refractivity contribution in [2.75, 3.05) is 0 Å². The smallest absolute Gasteiger partial charge is 0.252 e. The normalized spacial score (nSPS) is 10.9. The maximum Gasteiger partial charge on any atom is 0.252 e. The molecular weight excluding hydrogens is 336 g/mol. The third kappa shape index (κ3) is 3.19. The van der Waals surface area contributed by atoms with Crippen molar-refractivity contribution in [1.82, 2.24) is 20.1 Å².